The van der Waals surface area contributed by atoms with Gasteiger partial charge < -0.3 is 4.90 Å². The molecule has 0 bridgehead atoms. The first-order valence-electron chi connectivity index (χ1n) is 5.99. The van der Waals surface area contributed by atoms with Crippen molar-refractivity contribution in [2.45, 2.75) is 19.4 Å². The van der Waals surface area contributed by atoms with Gasteiger partial charge in [-0.2, -0.15) is 5.26 Å². The molecule has 3 rings (SSSR count). The van der Waals surface area contributed by atoms with Gasteiger partial charge in [0.25, 0.3) is 0 Å². The summed E-state index contributed by atoms with van der Waals surface area (Å²) in [5.74, 6) is 0.810. The van der Waals surface area contributed by atoms with Crippen LogP contribution in [-0.2, 0) is 6.42 Å². The summed E-state index contributed by atoms with van der Waals surface area (Å²) in [6, 6.07) is 8.35. The number of fused-ring (bicyclic) bond motifs is 1. The van der Waals surface area contributed by atoms with E-state index in [1.54, 1.807) is 6.20 Å². The molecule has 1 atom stereocenters. The quantitative estimate of drug-likeness (QED) is 0.786. The van der Waals surface area contributed by atoms with E-state index in [2.05, 4.69) is 34.3 Å². The molecule has 4 heteroatoms. The third kappa shape index (κ3) is 1.68. The third-order valence-electron chi connectivity index (χ3n) is 3.46. The second-order valence-corrected chi connectivity index (χ2v) is 5.41. The van der Waals surface area contributed by atoms with E-state index in [9.17, 15) is 5.26 Å². The van der Waals surface area contributed by atoms with Crippen molar-refractivity contribution in [2.24, 2.45) is 0 Å². The first kappa shape index (κ1) is 11.2. The maximum absolute atomic E-state index is 9.18. The maximum atomic E-state index is 9.18. The molecule has 0 aromatic carbocycles. The topological polar surface area (TPSA) is 39.9 Å². The Morgan fingerprint density at radius 1 is 1.50 bits per heavy atom. The monoisotopic (exact) mass is 255 g/mol. The molecule has 3 heterocycles. The summed E-state index contributed by atoms with van der Waals surface area (Å²) in [5.41, 5.74) is 2.03. The van der Waals surface area contributed by atoms with Gasteiger partial charge in [0.05, 0.1) is 11.6 Å². The molecule has 18 heavy (non-hydrogen) atoms. The minimum absolute atomic E-state index is 0.294. The molecule has 3 nitrogen and oxygen atoms in total. The van der Waals surface area contributed by atoms with E-state index in [1.165, 1.54) is 10.4 Å². The van der Waals surface area contributed by atoms with Crippen molar-refractivity contribution < 1.29 is 0 Å². The molecule has 1 aliphatic rings. The number of hydrogen-bond donors (Lipinski definition) is 0. The highest BCUT2D eigenvalue weighted by Gasteiger charge is 2.26. The fourth-order valence-electron chi connectivity index (χ4n) is 2.51. The van der Waals surface area contributed by atoms with E-state index in [0.29, 0.717) is 11.6 Å². The molecule has 0 spiro atoms. The Bertz CT molecular complexity index is 611. The van der Waals surface area contributed by atoms with Crippen LogP contribution in [0.1, 0.15) is 29.0 Å². The third-order valence-corrected chi connectivity index (χ3v) is 4.45. The zero-order valence-electron chi connectivity index (χ0n) is 10.1. The molecular formula is C14H13N3S. The lowest BCUT2D eigenvalue weighted by Gasteiger charge is -2.35. The van der Waals surface area contributed by atoms with Gasteiger partial charge in [-0.15, -0.1) is 11.3 Å². The van der Waals surface area contributed by atoms with Gasteiger partial charge in [-0.05, 0) is 42.5 Å². The van der Waals surface area contributed by atoms with Crippen LogP contribution < -0.4 is 4.90 Å². The van der Waals surface area contributed by atoms with Crippen molar-refractivity contribution in [1.29, 1.82) is 5.26 Å². The summed E-state index contributed by atoms with van der Waals surface area (Å²) in [5, 5.41) is 11.3. The molecule has 2 aromatic heterocycles. The van der Waals surface area contributed by atoms with Crippen molar-refractivity contribution in [3.8, 4) is 6.07 Å². The van der Waals surface area contributed by atoms with E-state index >= 15 is 0 Å². The van der Waals surface area contributed by atoms with Gasteiger partial charge in [0.15, 0.2) is 0 Å². The molecule has 0 saturated heterocycles. The normalized spacial score (nSPS) is 18.2. The predicted molar refractivity (Wildman–Crippen MR) is 72.7 cm³/mol. The van der Waals surface area contributed by atoms with Gasteiger partial charge in [-0.1, -0.05) is 0 Å². The number of hydrogen-bond acceptors (Lipinski definition) is 4. The highest BCUT2D eigenvalue weighted by atomic mass is 32.1. The Labute approximate surface area is 110 Å². The predicted octanol–water partition coefficient (Wildman–Crippen LogP) is 3.14. The van der Waals surface area contributed by atoms with Crippen LogP contribution in [-0.4, -0.2) is 11.5 Å². The zero-order valence-corrected chi connectivity index (χ0v) is 10.9. The molecule has 0 saturated carbocycles. The van der Waals surface area contributed by atoms with Crippen LogP contribution in [0, 0.1) is 11.3 Å². The van der Waals surface area contributed by atoms with Crippen LogP contribution in [0.5, 0.6) is 0 Å². The van der Waals surface area contributed by atoms with E-state index in [4.69, 9.17) is 0 Å². The number of rotatable bonds is 1. The van der Waals surface area contributed by atoms with E-state index in [0.717, 1.165) is 18.8 Å². The Hall–Kier alpha value is -1.86. The van der Waals surface area contributed by atoms with E-state index in [1.807, 2.05) is 23.5 Å². The molecule has 0 radical (unpaired) electrons. The summed E-state index contributed by atoms with van der Waals surface area (Å²) in [4.78, 5) is 8.08. The molecule has 90 valence electrons. The summed E-state index contributed by atoms with van der Waals surface area (Å²) in [6.45, 7) is 3.11. The summed E-state index contributed by atoms with van der Waals surface area (Å²) in [7, 11) is 0. The Balaban J connectivity index is 2.02. The molecule has 0 fully saturated rings. The smallest absolute Gasteiger partial charge is 0.146 e. The Kier molecular flexibility index (Phi) is 2.77. The molecule has 0 aliphatic carbocycles. The summed E-state index contributed by atoms with van der Waals surface area (Å²) in [6.07, 6.45) is 2.80. The van der Waals surface area contributed by atoms with Gasteiger partial charge in [-0.3, -0.25) is 0 Å². The van der Waals surface area contributed by atoms with Gasteiger partial charge in [0.2, 0.25) is 0 Å². The number of aromatic nitrogens is 1. The Morgan fingerprint density at radius 3 is 3.22 bits per heavy atom. The SMILES string of the molecule is CC1c2ccsc2CCN1c1ncccc1C#N. The van der Waals surface area contributed by atoms with Crippen molar-refractivity contribution in [2.75, 3.05) is 11.4 Å². The summed E-state index contributed by atoms with van der Waals surface area (Å²) < 4.78 is 0. The second kappa shape index (κ2) is 4.43. The van der Waals surface area contributed by atoms with Crippen molar-refractivity contribution in [3.63, 3.8) is 0 Å². The fourth-order valence-corrected chi connectivity index (χ4v) is 3.47. The van der Waals surface area contributed by atoms with Gasteiger partial charge >= 0.3 is 0 Å². The molecule has 1 aliphatic heterocycles. The standard InChI is InChI=1S/C14H13N3S/c1-10-12-5-8-18-13(12)4-7-17(10)14-11(9-15)3-2-6-16-14/h2-3,5-6,8,10H,4,7H2,1H3. The highest BCUT2D eigenvalue weighted by molar-refractivity contribution is 7.10. The Morgan fingerprint density at radius 2 is 2.39 bits per heavy atom. The van der Waals surface area contributed by atoms with Crippen LogP contribution in [0.3, 0.4) is 0 Å². The van der Waals surface area contributed by atoms with E-state index < -0.39 is 0 Å². The fraction of sp³-hybridized carbons (Fsp3) is 0.286. The van der Waals surface area contributed by atoms with Crippen LogP contribution in [0.2, 0.25) is 0 Å². The number of nitrogens with zero attached hydrogens (tertiary/aromatic N) is 3. The van der Waals surface area contributed by atoms with Crippen molar-refractivity contribution in [1.82, 2.24) is 4.98 Å². The largest absolute Gasteiger partial charge is 0.348 e. The molecule has 0 amide bonds. The van der Waals surface area contributed by atoms with Crippen LogP contribution in [0.25, 0.3) is 0 Å². The molecular weight excluding hydrogens is 242 g/mol. The highest BCUT2D eigenvalue weighted by Crippen LogP contribution is 2.36. The minimum Gasteiger partial charge on any atom is -0.348 e. The van der Waals surface area contributed by atoms with Gasteiger partial charge in [0.1, 0.15) is 11.9 Å². The first-order chi connectivity index (χ1) is 8.81. The van der Waals surface area contributed by atoms with E-state index in [-0.39, 0.29) is 0 Å². The van der Waals surface area contributed by atoms with Crippen molar-refractivity contribution >= 4 is 17.2 Å². The lowest BCUT2D eigenvalue weighted by molar-refractivity contribution is 0.624. The van der Waals surface area contributed by atoms with Crippen LogP contribution in [0.4, 0.5) is 5.82 Å². The molecule has 0 N–H and O–H groups in total. The molecule has 1 unspecified atom stereocenters. The van der Waals surface area contributed by atoms with Crippen LogP contribution in [0.15, 0.2) is 29.8 Å². The number of anilines is 1. The zero-order chi connectivity index (χ0) is 12.5. The average Bonchev–Trinajstić information content (AvgIpc) is 2.88. The minimum atomic E-state index is 0.294. The number of thiophene rings is 1. The average molecular weight is 255 g/mol. The maximum Gasteiger partial charge on any atom is 0.146 e. The van der Waals surface area contributed by atoms with Gasteiger partial charge in [-0.25, -0.2) is 4.98 Å². The van der Waals surface area contributed by atoms with Gasteiger partial charge in [0, 0.05) is 17.6 Å². The second-order valence-electron chi connectivity index (χ2n) is 4.40. The molecule has 2 aromatic rings. The van der Waals surface area contributed by atoms with Crippen molar-refractivity contribution in [3.05, 3.63) is 45.8 Å². The first-order valence-corrected chi connectivity index (χ1v) is 6.87. The number of nitriles is 1. The van der Waals surface area contributed by atoms with Crippen LogP contribution >= 0.6 is 11.3 Å². The number of pyridine rings is 1. The lowest BCUT2D eigenvalue weighted by atomic mass is 10.0. The summed E-state index contributed by atoms with van der Waals surface area (Å²) >= 11 is 1.82. The lowest BCUT2D eigenvalue weighted by Crippen LogP contribution is -2.34.